The topological polar surface area (TPSA) is 95.7 Å². The van der Waals surface area contributed by atoms with Crippen molar-refractivity contribution in [2.75, 3.05) is 39.8 Å². The van der Waals surface area contributed by atoms with Crippen LogP contribution in [0, 0.1) is 5.92 Å². The van der Waals surface area contributed by atoms with E-state index in [-0.39, 0.29) is 18.4 Å². The van der Waals surface area contributed by atoms with E-state index < -0.39 is 11.8 Å². The average Bonchev–Trinajstić information content (AvgIpc) is 2.51. The van der Waals surface area contributed by atoms with Gasteiger partial charge in [-0.3, -0.25) is 19.3 Å². The molecule has 3 amide bonds. The van der Waals surface area contributed by atoms with Gasteiger partial charge in [-0.2, -0.15) is 0 Å². The van der Waals surface area contributed by atoms with Gasteiger partial charge >= 0.3 is 0 Å². The molecule has 1 rings (SSSR count). The average molecular weight is 256 g/mol. The molecule has 1 saturated heterocycles. The molecule has 0 aliphatic carbocycles. The molecule has 1 atom stereocenters. The number of primary amides is 1. The van der Waals surface area contributed by atoms with Crippen LogP contribution in [0.25, 0.3) is 0 Å². The molecule has 1 aliphatic heterocycles. The number of hydrogen-bond donors (Lipinski definition) is 2. The summed E-state index contributed by atoms with van der Waals surface area (Å²) in [5.74, 6) is -1.07. The fraction of sp³-hybridized carbons (Fsp3) is 0.727. The summed E-state index contributed by atoms with van der Waals surface area (Å²) < 4.78 is 0. The number of likely N-dealkylation sites (N-methyl/N-ethyl adjacent to an activating group) is 1. The molecule has 0 radical (unpaired) electrons. The van der Waals surface area contributed by atoms with E-state index in [4.69, 9.17) is 5.73 Å². The quantitative estimate of drug-likeness (QED) is 0.610. The first-order valence-electron chi connectivity index (χ1n) is 5.91. The number of carbonyl (C=O) groups is 3. The third-order valence-electron chi connectivity index (χ3n) is 3.10. The summed E-state index contributed by atoms with van der Waals surface area (Å²) in [6, 6.07) is 0. The van der Waals surface area contributed by atoms with Crippen molar-refractivity contribution >= 4 is 17.7 Å². The second-order valence-corrected chi connectivity index (χ2v) is 4.47. The van der Waals surface area contributed by atoms with Crippen LogP contribution in [0.1, 0.15) is 6.92 Å². The van der Waals surface area contributed by atoms with E-state index in [1.807, 2.05) is 4.90 Å². The first kappa shape index (κ1) is 14.4. The second-order valence-electron chi connectivity index (χ2n) is 4.47. The van der Waals surface area contributed by atoms with E-state index in [9.17, 15) is 14.4 Å². The first-order valence-corrected chi connectivity index (χ1v) is 5.91. The Hall–Kier alpha value is -1.63. The molecular weight excluding hydrogens is 236 g/mol. The molecular formula is C11H20N4O3. The third kappa shape index (κ3) is 3.99. The number of nitrogens with two attached hydrogens (primary N) is 1. The molecule has 0 saturated carbocycles. The number of nitrogens with zero attached hydrogens (tertiary/aromatic N) is 2. The number of amides is 3. The molecule has 0 aromatic rings. The first-order chi connectivity index (χ1) is 8.43. The molecule has 3 N–H and O–H groups in total. The zero-order chi connectivity index (χ0) is 13.7. The fourth-order valence-electron chi connectivity index (χ4n) is 1.97. The standard InChI is InChI=1S/C11H20N4O3/c1-8(16)15-4-3-14(7-10(17)13-2)5-9(6-15)11(12)18/h9H,3-7H2,1-2H3,(H2,12,18)(H,13,17). The van der Waals surface area contributed by atoms with Gasteiger partial charge in [-0.05, 0) is 0 Å². The minimum absolute atomic E-state index is 0.0805. The molecule has 1 unspecified atom stereocenters. The lowest BCUT2D eigenvalue weighted by molar-refractivity contribution is -0.130. The molecule has 1 aliphatic rings. The van der Waals surface area contributed by atoms with E-state index in [0.29, 0.717) is 26.2 Å². The van der Waals surface area contributed by atoms with Gasteiger partial charge in [0.25, 0.3) is 0 Å². The molecule has 102 valence electrons. The van der Waals surface area contributed by atoms with Crippen molar-refractivity contribution in [2.45, 2.75) is 6.92 Å². The molecule has 1 heterocycles. The van der Waals surface area contributed by atoms with Gasteiger partial charge in [0.2, 0.25) is 17.7 Å². The van der Waals surface area contributed by atoms with E-state index >= 15 is 0 Å². The lowest BCUT2D eigenvalue weighted by atomic mass is 10.1. The highest BCUT2D eigenvalue weighted by Crippen LogP contribution is 2.09. The summed E-state index contributed by atoms with van der Waals surface area (Å²) in [7, 11) is 1.56. The van der Waals surface area contributed by atoms with E-state index in [2.05, 4.69) is 5.32 Å². The van der Waals surface area contributed by atoms with Crippen molar-refractivity contribution in [2.24, 2.45) is 11.7 Å². The lowest BCUT2D eigenvalue weighted by Gasteiger charge is -2.21. The van der Waals surface area contributed by atoms with Gasteiger partial charge in [-0.1, -0.05) is 0 Å². The maximum absolute atomic E-state index is 11.4. The smallest absolute Gasteiger partial charge is 0.233 e. The van der Waals surface area contributed by atoms with Gasteiger partial charge in [0, 0.05) is 40.2 Å². The van der Waals surface area contributed by atoms with Gasteiger partial charge in [0.15, 0.2) is 0 Å². The highest BCUT2D eigenvalue weighted by Gasteiger charge is 2.28. The Kier molecular flexibility index (Phi) is 5.08. The predicted molar refractivity (Wildman–Crippen MR) is 65.4 cm³/mol. The van der Waals surface area contributed by atoms with Crippen molar-refractivity contribution in [1.29, 1.82) is 0 Å². The summed E-state index contributed by atoms with van der Waals surface area (Å²) in [5, 5.41) is 2.53. The van der Waals surface area contributed by atoms with Gasteiger partial charge in [0.05, 0.1) is 12.5 Å². The van der Waals surface area contributed by atoms with Crippen LogP contribution in [0.15, 0.2) is 0 Å². The molecule has 0 bridgehead atoms. The van der Waals surface area contributed by atoms with Crippen molar-refractivity contribution in [3.8, 4) is 0 Å². The largest absolute Gasteiger partial charge is 0.369 e. The summed E-state index contributed by atoms with van der Waals surface area (Å²) >= 11 is 0. The molecule has 0 aromatic carbocycles. The van der Waals surface area contributed by atoms with Gasteiger partial charge in [0.1, 0.15) is 0 Å². The maximum atomic E-state index is 11.4. The third-order valence-corrected chi connectivity index (χ3v) is 3.10. The van der Waals surface area contributed by atoms with Crippen molar-refractivity contribution < 1.29 is 14.4 Å². The van der Waals surface area contributed by atoms with E-state index in [1.165, 1.54) is 6.92 Å². The molecule has 7 heteroatoms. The number of hydrogen-bond acceptors (Lipinski definition) is 4. The van der Waals surface area contributed by atoms with Crippen LogP contribution >= 0.6 is 0 Å². The second kappa shape index (κ2) is 6.34. The fourth-order valence-corrected chi connectivity index (χ4v) is 1.97. The van der Waals surface area contributed by atoms with Crippen LogP contribution in [0.4, 0.5) is 0 Å². The minimum atomic E-state index is -0.440. The van der Waals surface area contributed by atoms with Crippen LogP contribution in [0.2, 0.25) is 0 Å². The molecule has 0 spiro atoms. The SMILES string of the molecule is CNC(=O)CN1CCN(C(C)=O)CC(C(N)=O)C1. The van der Waals surface area contributed by atoms with Gasteiger partial charge in [-0.25, -0.2) is 0 Å². The Morgan fingerprint density at radius 2 is 1.94 bits per heavy atom. The van der Waals surface area contributed by atoms with E-state index in [1.54, 1.807) is 11.9 Å². The summed E-state index contributed by atoms with van der Waals surface area (Å²) in [6.45, 7) is 3.49. The Morgan fingerprint density at radius 1 is 1.28 bits per heavy atom. The lowest BCUT2D eigenvalue weighted by Crippen LogP contribution is -2.41. The highest BCUT2D eigenvalue weighted by atomic mass is 16.2. The Balaban J connectivity index is 2.71. The Labute approximate surface area is 106 Å². The van der Waals surface area contributed by atoms with Crippen LogP contribution in [0.5, 0.6) is 0 Å². The Morgan fingerprint density at radius 3 is 2.44 bits per heavy atom. The van der Waals surface area contributed by atoms with Crippen molar-refractivity contribution in [3.63, 3.8) is 0 Å². The van der Waals surface area contributed by atoms with Crippen molar-refractivity contribution in [1.82, 2.24) is 15.1 Å². The normalized spacial score (nSPS) is 21.2. The minimum Gasteiger partial charge on any atom is -0.369 e. The maximum Gasteiger partial charge on any atom is 0.233 e. The highest BCUT2D eigenvalue weighted by molar-refractivity contribution is 5.80. The van der Waals surface area contributed by atoms with Gasteiger partial charge < -0.3 is 16.0 Å². The number of nitrogens with one attached hydrogen (secondary N) is 1. The zero-order valence-corrected chi connectivity index (χ0v) is 10.8. The van der Waals surface area contributed by atoms with Crippen LogP contribution < -0.4 is 11.1 Å². The van der Waals surface area contributed by atoms with Gasteiger partial charge in [-0.15, -0.1) is 0 Å². The number of carbonyl (C=O) groups excluding carboxylic acids is 3. The molecule has 1 fully saturated rings. The molecule has 18 heavy (non-hydrogen) atoms. The summed E-state index contributed by atoms with van der Waals surface area (Å²) in [6.07, 6.45) is 0. The molecule has 0 aromatic heterocycles. The van der Waals surface area contributed by atoms with Crippen molar-refractivity contribution in [3.05, 3.63) is 0 Å². The Bertz CT molecular complexity index is 345. The van der Waals surface area contributed by atoms with E-state index in [0.717, 1.165) is 0 Å². The predicted octanol–water partition coefficient (Wildman–Crippen LogP) is -2.00. The van der Waals surface area contributed by atoms with Crippen LogP contribution in [0.3, 0.4) is 0 Å². The monoisotopic (exact) mass is 256 g/mol. The number of rotatable bonds is 3. The zero-order valence-electron chi connectivity index (χ0n) is 10.8. The molecule has 7 nitrogen and oxygen atoms in total. The summed E-state index contributed by atoms with van der Waals surface area (Å²) in [4.78, 5) is 37.5. The van der Waals surface area contributed by atoms with Crippen LogP contribution in [-0.2, 0) is 14.4 Å². The summed E-state index contributed by atoms with van der Waals surface area (Å²) in [5.41, 5.74) is 5.32. The van der Waals surface area contributed by atoms with Crippen LogP contribution in [-0.4, -0.2) is 67.3 Å².